The van der Waals surface area contributed by atoms with Gasteiger partial charge in [-0.2, -0.15) is 5.26 Å². The number of amides is 1. The highest BCUT2D eigenvalue weighted by molar-refractivity contribution is 6.06. The van der Waals surface area contributed by atoms with Crippen LogP contribution in [0.5, 0.6) is 5.75 Å². The first kappa shape index (κ1) is 14.0. The fourth-order valence-corrected chi connectivity index (χ4v) is 1.69. The first-order valence-electron chi connectivity index (χ1n) is 5.81. The molecule has 2 rings (SSSR count). The number of phenolic OH excluding ortho intramolecular Hbond substituents is 1. The van der Waals surface area contributed by atoms with Crippen molar-refractivity contribution in [3.63, 3.8) is 0 Å². The minimum atomic E-state index is -0.770. The van der Waals surface area contributed by atoms with Crippen molar-refractivity contribution in [2.75, 3.05) is 5.32 Å². The Morgan fingerprint density at radius 3 is 2.48 bits per heavy atom. The molecule has 0 radical (unpaired) electrons. The molecule has 0 bridgehead atoms. The van der Waals surface area contributed by atoms with Crippen molar-refractivity contribution in [1.82, 2.24) is 0 Å². The largest absolute Gasteiger partial charge is 0.502 e. The van der Waals surface area contributed by atoms with Crippen molar-refractivity contribution < 1.29 is 14.8 Å². The van der Waals surface area contributed by atoms with E-state index < -0.39 is 22.3 Å². The fraction of sp³-hybridized carbons (Fsp3) is 0. The zero-order valence-electron chi connectivity index (χ0n) is 10.6. The molecular formula is C14H9N3O4. The Morgan fingerprint density at radius 1 is 1.24 bits per heavy atom. The number of hydrogen-bond acceptors (Lipinski definition) is 5. The predicted molar refractivity (Wildman–Crippen MR) is 73.9 cm³/mol. The minimum Gasteiger partial charge on any atom is -0.502 e. The Morgan fingerprint density at radius 2 is 1.90 bits per heavy atom. The summed E-state index contributed by atoms with van der Waals surface area (Å²) in [6, 6.07) is 11.7. The van der Waals surface area contributed by atoms with Crippen LogP contribution in [0.4, 0.5) is 11.4 Å². The highest BCUT2D eigenvalue weighted by Crippen LogP contribution is 2.29. The van der Waals surface area contributed by atoms with Crippen molar-refractivity contribution in [3.8, 4) is 11.8 Å². The number of aromatic hydroxyl groups is 1. The van der Waals surface area contributed by atoms with E-state index in [9.17, 15) is 20.0 Å². The number of nitro benzene ring substituents is 1. The highest BCUT2D eigenvalue weighted by Gasteiger charge is 2.20. The number of nitro groups is 1. The molecule has 7 heteroatoms. The molecule has 21 heavy (non-hydrogen) atoms. The number of nitriles is 1. The Bertz CT molecular complexity index is 748. The summed E-state index contributed by atoms with van der Waals surface area (Å²) in [5.74, 6) is -1.37. The van der Waals surface area contributed by atoms with Gasteiger partial charge in [-0.25, -0.2) is 0 Å². The summed E-state index contributed by atoms with van der Waals surface area (Å²) in [6.07, 6.45) is 0. The number of anilines is 1. The molecule has 0 heterocycles. The molecule has 7 nitrogen and oxygen atoms in total. The Labute approximate surface area is 119 Å². The smallest absolute Gasteiger partial charge is 0.311 e. The number of benzene rings is 2. The molecular weight excluding hydrogens is 274 g/mol. The van der Waals surface area contributed by atoms with Crippen LogP contribution in [0, 0.1) is 21.4 Å². The van der Waals surface area contributed by atoms with Gasteiger partial charge in [0.1, 0.15) is 0 Å². The molecule has 1 amide bonds. The number of carbonyl (C=O) groups is 1. The molecule has 2 aromatic rings. The van der Waals surface area contributed by atoms with Crippen LogP contribution >= 0.6 is 0 Å². The van der Waals surface area contributed by atoms with Crippen LogP contribution in [-0.2, 0) is 0 Å². The van der Waals surface area contributed by atoms with Gasteiger partial charge in [0.05, 0.1) is 22.1 Å². The van der Waals surface area contributed by atoms with Crippen LogP contribution in [-0.4, -0.2) is 15.9 Å². The number of rotatable bonds is 3. The molecule has 2 N–H and O–H groups in total. The van der Waals surface area contributed by atoms with Crippen LogP contribution in [0.3, 0.4) is 0 Å². The lowest BCUT2D eigenvalue weighted by Gasteiger charge is -2.07. The van der Waals surface area contributed by atoms with Gasteiger partial charge in [0, 0.05) is 11.8 Å². The zero-order chi connectivity index (χ0) is 15.4. The van der Waals surface area contributed by atoms with E-state index in [4.69, 9.17) is 5.26 Å². The van der Waals surface area contributed by atoms with E-state index in [-0.39, 0.29) is 5.56 Å². The maximum absolute atomic E-state index is 12.0. The Hall–Kier alpha value is -3.40. The van der Waals surface area contributed by atoms with Crippen LogP contribution < -0.4 is 5.32 Å². The predicted octanol–water partition coefficient (Wildman–Crippen LogP) is 2.42. The van der Waals surface area contributed by atoms with Crippen molar-refractivity contribution in [2.24, 2.45) is 0 Å². The van der Waals surface area contributed by atoms with E-state index in [0.29, 0.717) is 11.3 Å². The van der Waals surface area contributed by atoms with E-state index in [1.807, 2.05) is 6.07 Å². The average molecular weight is 283 g/mol. The summed E-state index contributed by atoms with van der Waals surface area (Å²) in [5, 5.41) is 31.6. The molecule has 104 valence electrons. The average Bonchev–Trinajstić information content (AvgIpc) is 2.47. The van der Waals surface area contributed by atoms with Crippen molar-refractivity contribution in [2.45, 2.75) is 0 Å². The van der Waals surface area contributed by atoms with Crippen molar-refractivity contribution in [1.29, 1.82) is 5.26 Å². The third-order valence-corrected chi connectivity index (χ3v) is 2.73. The molecule has 0 aromatic heterocycles. The second-order valence-electron chi connectivity index (χ2n) is 4.07. The topological polar surface area (TPSA) is 116 Å². The third-order valence-electron chi connectivity index (χ3n) is 2.73. The molecule has 0 spiro atoms. The monoisotopic (exact) mass is 283 g/mol. The van der Waals surface area contributed by atoms with E-state index in [1.165, 1.54) is 36.4 Å². The maximum atomic E-state index is 12.0. The molecule has 0 fully saturated rings. The molecule has 0 saturated heterocycles. The second kappa shape index (κ2) is 5.71. The lowest BCUT2D eigenvalue weighted by Crippen LogP contribution is -2.12. The first-order valence-corrected chi connectivity index (χ1v) is 5.81. The number of nitrogens with zero attached hydrogens (tertiary/aromatic N) is 2. The highest BCUT2D eigenvalue weighted by atomic mass is 16.6. The van der Waals surface area contributed by atoms with Gasteiger partial charge in [0.15, 0.2) is 0 Å². The maximum Gasteiger partial charge on any atom is 0.311 e. The van der Waals surface area contributed by atoms with Gasteiger partial charge in [0.2, 0.25) is 5.75 Å². The number of nitrogens with one attached hydrogen (secondary N) is 1. The lowest BCUT2D eigenvalue weighted by molar-refractivity contribution is -0.385. The van der Waals surface area contributed by atoms with Crippen LogP contribution in [0.25, 0.3) is 0 Å². The molecule has 0 atom stereocenters. The minimum absolute atomic E-state index is 0.200. The van der Waals surface area contributed by atoms with E-state index in [1.54, 1.807) is 0 Å². The standard InChI is InChI=1S/C14H9N3O4/c15-8-9-4-6-10(7-5-9)16-14(19)11-2-1-3-12(13(11)18)17(20)21/h1-7,18H,(H,16,19). The summed E-state index contributed by atoms with van der Waals surface area (Å²) < 4.78 is 0. The van der Waals surface area contributed by atoms with E-state index >= 15 is 0 Å². The van der Waals surface area contributed by atoms with Gasteiger partial charge in [-0.05, 0) is 30.3 Å². The summed E-state index contributed by atoms with van der Waals surface area (Å²) >= 11 is 0. The van der Waals surface area contributed by atoms with Crippen molar-refractivity contribution >= 4 is 17.3 Å². The van der Waals surface area contributed by atoms with Crippen LogP contribution in [0.1, 0.15) is 15.9 Å². The molecule has 0 aliphatic carbocycles. The molecule has 0 saturated carbocycles. The quantitative estimate of drug-likeness (QED) is 0.662. The van der Waals surface area contributed by atoms with E-state index in [2.05, 4.69) is 5.32 Å². The van der Waals surface area contributed by atoms with Gasteiger partial charge in [0.25, 0.3) is 5.91 Å². The van der Waals surface area contributed by atoms with Gasteiger partial charge in [-0.15, -0.1) is 0 Å². The van der Waals surface area contributed by atoms with Crippen molar-refractivity contribution in [3.05, 3.63) is 63.7 Å². The fourth-order valence-electron chi connectivity index (χ4n) is 1.69. The third kappa shape index (κ3) is 2.96. The molecule has 0 aliphatic rings. The van der Waals surface area contributed by atoms with Gasteiger partial charge in [-0.1, -0.05) is 6.07 Å². The van der Waals surface area contributed by atoms with Crippen LogP contribution in [0.2, 0.25) is 0 Å². The molecule has 0 aliphatic heterocycles. The number of para-hydroxylation sites is 1. The lowest BCUT2D eigenvalue weighted by atomic mass is 10.1. The normalized spacial score (nSPS) is 9.67. The molecule has 2 aromatic carbocycles. The van der Waals surface area contributed by atoms with Gasteiger partial charge < -0.3 is 10.4 Å². The summed E-state index contributed by atoms with van der Waals surface area (Å²) in [4.78, 5) is 21.9. The number of hydrogen-bond donors (Lipinski definition) is 2. The van der Waals surface area contributed by atoms with Gasteiger partial charge >= 0.3 is 5.69 Å². The van der Waals surface area contributed by atoms with E-state index in [0.717, 1.165) is 6.07 Å². The van der Waals surface area contributed by atoms with Crippen LogP contribution in [0.15, 0.2) is 42.5 Å². The zero-order valence-corrected chi connectivity index (χ0v) is 10.6. The van der Waals surface area contributed by atoms with Gasteiger partial charge in [-0.3, -0.25) is 14.9 Å². The number of carbonyl (C=O) groups excluding carboxylic acids is 1. The summed E-state index contributed by atoms with van der Waals surface area (Å²) in [5.41, 5.74) is 0.104. The summed E-state index contributed by atoms with van der Waals surface area (Å²) in [7, 11) is 0. The Balaban J connectivity index is 2.26. The molecule has 0 unspecified atom stereocenters. The summed E-state index contributed by atoms with van der Waals surface area (Å²) in [6.45, 7) is 0. The first-order chi connectivity index (χ1) is 10.0. The number of phenols is 1. The Kier molecular flexibility index (Phi) is 3.81. The SMILES string of the molecule is N#Cc1ccc(NC(=O)c2cccc([N+](=O)[O-])c2O)cc1. The second-order valence-corrected chi connectivity index (χ2v) is 4.07.